The molecule has 4 nitrogen and oxygen atoms in total. The van der Waals surface area contributed by atoms with E-state index in [1.54, 1.807) is 10.9 Å². The van der Waals surface area contributed by atoms with Crippen molar-refractivity contribution in [3.05, 3.63) is 52.3 Å². The van der Waals surface area contributed by atoms with Gasteiger partial charge in [0.25, 0.3) is 0 Å². The summed E-state index contributed by atoms with van der Waals surface area (Å²) in [6.07, 6.45) is 5.99. The first kappa shape index (κ1) is 13.4. The molecule has 1 aliphatic rings. The second-order valence-electron chi connectivity index (χ2n) is 5.34. The fraction of sp³-hybridized carbons (Fsp3) is 0.333. The van der Waals surface area contributed by atoms with Crippen LogP contribution in [0.25, 0.3) is 0 Å². The Balaban J connectivity index is 1.69. The maximum Gasteiger partial charge on any atom is 0.225 e. The molecule has 1 aromatic carbocycles. The van der Waals surface area contributed by atoms with Gasteiger partial charge in [0.2, 0.25) is 5.91 Å². The van der Waals surface area contributed by atoms with Crippen LogP contribution in [0, 0.1) is 0 Å². The predicted molar refractivity (Wildman–Crippen MR) is 80.1 cm³/mol. The summed E-state index contributed by atoms with van der Waals surface area (Å²) in [7, 11) is 1.85. The molecule has 0 bridgehead atoms. The predicted octanol–water partition coefficient (Wildman–Crippen LogP) is 2.53. The van der Waals surface area contributed by atoms with Crippen molar-refractivity contribution in [2.45, 2.75) is 24.8 Å². The molecular formula is C15H16BrN3O. The molecule has 0 radical (unpaired) electrons. The Kier molecular flexibility index (Phi) is 3.38. The van der Waals surface area contributed by atoms with E-state index in [1.807, 2.05) is 25.4 Å². The second kappa shape index (κ2) is 5.05. The van der Waals surface area contributed by atoms with Crippen molar-refractivity contribution >= 4 is 21.8 Å². The van der Waals surface area contributed by atoms with Crippen molar-refractivity contribution < 1.29 is 4.79 Å². The molecule has 0 atom stereocenters. The number of benzene rings is 1. The average molecular weight is 334 g/mol. The third-order valence-corrected chi connectivity index (χ3v) is 4.12. The van der Waals surface area contributed by atoms with Gasteiger partial charge in [-0.3, -0.25) is 9.48 Å². The normalized spacial score (nSPS) is 15.9. The smallest absolute Gasteiger partial charge is 0.225 e. The molecular weight excluding hydrogens is 318 g/mol. The van der Waals surface area contributed by atoms with Crippen molar-refractivity contribution in [3.8, 4) is 0 Å². The van der Waals surface area contributed by atoms with E-state index >= 15 is 0 Å². The lowest BCUT2D eigenvalue weighted by Gasteiger charge is -2.18. The number of carbonyl (C=O) groups is 1. The van der Waals surface area contributed by atoms with Crippen LogP contribution in [-0.2, 0) is 23.8 Å². The number of hydrogen-bond acceptors (Lipinski definition) is 2. The molecule has 3 rings (SSSR count). The van der Waals surface area contributed by atoms with Gasteiger partial charge < -0.3 is 5.32 Å². The van der Waals surface area contributed by atoms with Gasteiger partial charge in [0, 0.05) is 17.7 Å². The summed E-state index contributed by atoms with van der Waals surface area (Å²) in [5.74, 6) is 0.0514. The van der Waals surface area contributed by atoms with Gasteiger partial charge in [-0.1, -0.05) is 28.1 Å². The van der Waals surface area contributed by atoms with Gasteiger partial charge in [0.1, 0.15) is 0 Å². The van der Waals surface area contributed by atoms with E-state index in [0.717, 1.165) is 22.9 Å². The summed E-state index contributed by atoms with van der Waals surface area (Å²) in [4.78, 5) is 12.2. The molecule has 1 aromatic heterocycles. The number of hydrogen-bond donors (Lipinski definition) is 1. The van der Waals surface area contributed by atoms with E-state index in [9.17, 15) is 4.79 Å². The number of rotatable bonds is 4. The van der Waals surface area contributed by atoms with E-state index in [1.165, 1.54) is 5.56 Å². The molecule has 1 saturated carbocycles. The third kappa shape index (κ3) is 2.77. The number of halogens is 1. The third-order valence-electron chi connectivity index (χ3n) is 3.63. The number of amides is 1. The van der Waals surface area contributed by atoms with Crippen LogP contribution in [0.3, 0.4) is 0 Å². The molecule has 0 spiro atoms. The van der Waals surface area contributed by atoms with Crippen molar-refractivity contribution in [1.29, 1.82) is 0 Å². The van der Waals surface area contributed by atoms with Crippen LogP contribution >= 0.6 is 15.9 Å². The molecule has 5 heteroatoms. The van der Waals surface area contributed by atoms with Crippen LogP contribution < -0.4 is 5.32 Å². The molecule has 0 saturated heterocycles. The van der Waals surface area contributed by atoms with Crippen LogP contribution in [0.5, 0.6) is 0 Å². The van der Waals surface area contributed by atoms with E-state index in [2.05, 4.69) is 38.5 Å². The highest BCUT2D eigenvalue weighted by atomic mass is 79.9. The molecule has 2 aromatic rings. The first-order chi connectivity index (χ1) is 9.57. The highest BCUT2D eigenvalue weighted by molar-refractivity contribution is 9.10. The highest BCUT2D eigenvalue weighted by Gasteiger charge is 2.45. The minimum atomic E-state index is -0.164. The van der Waals surface area contributed by atoms with Gasteiger partial charge in [0.05, 0.1) is 18.2 Å². The summed E-state index contributed by atoms with van der Waals surface area (Å²) in [6, 6.07) is 8.16. The summed E-state index contributed by atoms with van der Waals surface area (Å²) >= 11 is 3.48. The lowest BCUT2D eigenvalue weighted by molar-refractivity contribution is -0.121. The van der Waals surface area contributed by atoms with Crippen molar-refractivity contribution in [1.82, 2.24) is 15.1 Å². The van der Waals surface area contributed by atoms with Crippen LogP contribution in [0.15, 0.2) is 41.1 Å². The molecule has 1 heterocycles. The highest BCUT2D eigenvalue weighted by Crippen LogP contribution is 2.46. The zero-order valence-electron chi connectivity index (χ0n) is 11.3. The molecule has 20 heavy (non-hydrogen) atoms. The zero-order valence-corrected chi connectivity index (χ0v) is 12.9. The SMILES string of the molecule is Cn1cc(CC(=O)NC2(c3cccc(Br)c3)CC2)cn1. The number of nitrogens with zero attached hydrogens (tertiary/aromatic N) is 2. The topological polar surface area (TPSA) is 46.9 Å². The molecule has 1 N–H and O–H groups in total. The standard InChI is InChI=1S/C15H16BrN3O/c1-19-10-11(9-17-19)7-14(20)18-15(5-6-15)12-3-2-4-13(16)8-12/h2-4,8-10H,5-7H2,1H3,(H,18,20). The summed E-state index contributed by atoms with van der Waals surface area (Å²) in [5.41, 5.74) is 1.95. The lowest BCUT2D eigenvalue weighted by Crippen LogP contribution is -2.35. The summed E-state index contributed by atoms with van der Waals surface area (Å²) < 4.78 is 2.76. The Hall–Kier alpha value is -1.62. The minimum absolute atomic E-state index is 0.0514. The largest absolute Gasteiger partial charge is 0.346 e. The first-order valence-electron chi connectivity index (χ1n) is 6.62. The Labute approximate surface area is 126 Å². The van der Waals surface area contributed by atoms with Crippen LogP contribution in [0.2, 0.25) is 0 Å². The fourth-order valence-corrected chi connectivity index (χ4v) is 2.86. The number of carbonyl (C=O) groups excluding carboxylic acids is 1. The van der Waals surface area contributed by atoms with Crippen LogP contribution in [0.4, 0.5) is 0 Å². The monoisotopic (exact) mass is 333 g/mol. The van der Waals surface area contributed by atoms with E-state index in [0.29, 0.717) is 6.42 Å². The Morgan fingerprint density at radius 3 is 2.90 bits per heavy atom. The summed E-state index contributed by atoms with van der Waals surface area (Å²) in [5, 5.41) is 7.25. The summed E-state index contributed by atoms with van der Waals surface area (Å²) in [6.45, 7) is 0. The minimum Gasteiger partial charge on any atom is -0.346 e. The van der Waals surface area contributed by atoms with E-state index in [4.69, 9.17) is 0 Å². The Morgan fingerprint density at radius 1 is 1.50 bits per heavy atom. The van der Waals surface area contributed by atoms with Gasteiger partial charge in [0.15, 0.2) is 0 Å². The zero-order chi connectivity index (χ0) is 14.2. The van der Waals surface area contributed by atoms with Crippen molar-refractivity contribution in [3.63, 3.8) is 0 Å². The maximum atomic E-state index is 12.2. The second-order valence-corrected chi connectivity index (χ2v) is 6.26. The molecule has 1 aliphatic carbocycles. The van der Waals surface area contributed by atoms with Gasteiger partial charge in [-0.2, -0.15) is 5.10 Å². The van der Waals surface area contributed by atoms with Gasteiger partial charge in [-0.25, -0.2) is 0 Å². The molecule has 104 valence electrons. The van der Waals surface area contributed by atoms with E-state index in [-0.39, 0.29) is 11.4 Å². The van der Waals surface area contributed by atoms with Gasteiger partial charge in [-0.05, 0) is 36.1 Å². The van der Waals surface area contributed by atoms with Crippen molar-refractivity contribution in [2.24, 2.45) is 7.05 Å². The first-order valence-corrected chi connectivity index (χ1v) is 7.41. The number of aryl methyl sites for hydroxylation is 1. The van der Waals surface area contributed by atoms with Gasteiger partial charge >= 0.3 is 0 Å². The van der Waals surface area contributed by atoms with Gasteiger partial charge in [-0.15, -0.1) is 0 Å². The van der Waals surface area contributed by atoms with Crippen LogP contribution in [0.1, 0.15) is 24.0 Å². The lowest BCUT2D eigenvalue weighted by atomic mass is 10.0. The molecule has 1 amide bonds. The maximum absolute atomic E-state index is 12.2. The number of aromatic nitrogens is 2. The fourth-order valence-electron chi connectivity index (χ4n) is 2.46. The molecule has 0 unspecified atom stereocenters. The van der Waals surface area contributed by atoms with Crippen molar-refractivity contribution in [2.75, 3.05) is 0 Å². The quantitative estimate of drug-likeness (QED) is 0.934. The molecule has 1 fully saturated rings. The molecule has 0 aliphatic heterocycles. The number of nitrogens with one attached hydrogen (secondary N) is 1. The Bertz CT molecular complexity index is 646. The average Bonchev–Trinajstić information content (AvgIpc) is 3.06. The van der Waals surface area contributed by atoms with Crippen LogP contribution in [-0.4, -0.2) is 15.7 Å². The Morgan fingerprint density at radius 2 is 2.30 bits per heavy atom. The van der Waals surface area contributed by atoms with E-state index < -0.39 is 0 Å².